The highest BCUT2D eigenvalue weighted by Crippen LogP contribution is 2.22. The Labute approximate surface area is 159 Å². The number of carbonyl (C=O) groups excluding carboxylic acids is 2. The van der Waals surface area contributed by atoms with Crippen molar-refractivity contribution in [2.75, 3.05) is 17.2 Å². The van der Waals surface area contributed by atoms with E-state index in [2.05, 4.69) is 16.0 Å². The molecule has 138 valence electrons. The van der Waals surface area contributed by atoms with Crippen LogP contribution in [0, 0.1) is 6.92 Å². The molecule has 0 saturated heterocycles. The summed E-state index contributed by atoms with van der Waals surface area (Å²) in [5.41, 5.74) is 2.60. The van der Waals surface area contributed by atoms with E-state index < -0.39 is 0 Å². The van der Waals surface area contributed by atoms with Gasteiger partial charge >= 0.3 is 0 Å². The summed E-state index contributed by atoms with van der Waals surface area (Å²) in [4.78, 5) is 24.2. The van der Waals surface area contributed by atoms with Crippen molar-refractivity contribution in [3.63, 3.8) is 0 Å². The molecule has 2 amide bonds. The Morgan fingerprint density at radius 3 is 2.31 bits per heavy atom. The molecule has 0 aliphatic heterocycles. The zero-order valence-electron chi connectivity index (χ0n) is 15.4. The number of benzene rings is 2. The van der Waals surface area contributed by atoms with Crippen LogP contribution in [0.1, 0.15) is 36.7 Å². The number of carbonyl (C=O) groups is 2. The first-order valence-electron chi connectivity index (χ1n) is 8.37. The van der Waals surface area contributed by atoms with Gasteiger partial charge in [-0.2, -0.15) is 0 Å². The lowest BCUT2D eigenvalue weighted by atomic mass is 10.1. The Morgan fingerprint density at radius 2 is 1.69 bits per heavy atom. The lowest BCUT2D eigenvalue weighted by molar-refractivity contribution is -0.114. The maximum absolute atomic E-state index is 12.1. The van der Waals surface area contributed by atoms with E-state index in [1.54, 1.807) is 30.3 Å². The van der Waals surface area contributed by atoms with Gasteiger partial charge in [0, 0.05) is 27.5 Å². The van der Waals surface area contributed by atoms with Crippen molar-refractivity contribution in [2.24, 2.45) is 0 Å². The Hall–Kier alpha value is -2.53. The Bertz CT molecular complexity index is 796. The summed E-state index contributed by atoms with van der Waals surface area (Å²) in [5, 5.41) is 9.41. The number of rotatable bonds is 5. The number of hydrogen-bond acceptors (Lipinski definition) is 3. The van der Waals surface area contributed by atoms with Gasteiger partial charge in [-0.15, -0.1) is 0 Å². The van der Waals surface area contributed by atoms with E-state index in [0.717, 1.165) is 11.3 Å². The third-order valence-electron chi connectivity index (χ3n) is 3.63. The molecule has 0 heterocycles. The summed E-state index contributed by atoms with van der Waals surface area (Å²) < 4.78 is 0. The van der Waals surface area contributed by atoms with Gasteiger partial charge in [0.15, 0.2) is 0 Å². The molecule has 0 aliphatic carbocycles. The largest absolute Gasteiger partial charge is 0.376 e. The molecule has 2 aromatic rings. The summed E-state index contributed by atoms with van der Waals surface area (Å²) in [6.45, 7) is 7.79. The maximum Gasteiger partial charge on any atom is 0.251 e. The minimum atomic E-state index is -0.298. The van der Waals surface area contributed by atoms with Gasteiger partial charge in [-0.25, -0.2) is 0 Å². The number of nitrogens with one attached hydrogen (secondary N) is 3. The third kappa shape index (κ3) is 5.77. The smallest absolute Gasteiger partial charge is 0.251 e. The molecule has 0 atom stereocenters. The van der Waals surface area contributed by atoms with Crippen LogP contribution in [0.3, 0.4) is 0 Å². The highest BCUT2D eigenvalue weighted by molar-refractivity contribution is 6.31. The van der Waals surface area contributed by atoms with Crippen molar-refractivity contribution in [3.05, 3.63) is 58.6 Å². The number of halogens is 1. The Kier molecular flexibility index (Phi) is 6.27. The molecule has 2 rings (SSSR count). The van der Waals surface area contributed by atoms with Gasteiger partial charge in [0.05, 0.1) is 6.54 Å². The minimum Gasteiger partial charge on any atom is -0.376 e. The van der Waals surface area contributed by atoms with Gasteiger partial charge in [0.25, 0.3) is 5.91 Å². The van der Waals surface area contributed by atoms with Gasteiger partial charge in [-0.3, -0.25) is 9.59 Å². The van der Waals surface area contributed by atoms with Crippen molar-refractivity contribution in [1.29, 1.82) is 0 Å². The van der Waals surface area contributed by atoms with Crippen molar-refractivity contribution in [3.8, 4) is 0 Å². The first kappa shape index (κ1) is 19.8. The van der Waals surface area contributed by atoms with Crippen LogP contribution in [-0.4, -0.2) is 23.9 Å². The molecule has 5 nitrogen and oxygen atoms in total. The monoisotopic (exact) mass is 373 g/mol. The molecule has 6 heteroatoms. The molecular formula is C20H24ClN3O2. The summed E-state index contributed by atoms with van der Waals surface area (Å²) in [5.74, 6) is -0.329. The quantitative estimate of drug-likeness (QED) is 0.734. The number of anilines is 2. The fraction of sp³-hybridized carbons (Fsp3) is 0.300. The molecule has 0 bridgehead atoms. The zero-order chi connectivity index (χ0) is 19.3. The second kappa shape index (κ2) is 8.23. The van der Waals surface area contributed by atoms with Crippen LogP contribution in [0.2, 0.25) is 5.02 Å². The topological polar surface area (TPSA) is 70.2 Å². The van der Waals surface area contributed by atoms with Crippen LogP contribution in [0.4, 0.5) is 11.4 Å². The van der Waals surface area contributed by atoms with Crippen molar-refractivity contribution in [1.82, 2.24) is 5.32 Å². The van der Waals surface area contributed by atoms with E-state index >= 15 is 0 Å². The average Bonchev–Trinajstić information content (AvgIpc) is 2.55. The predicted octanol–water partition coefficient (Wildman–Crippen LogP) is 4.23. The van der Waals surface area contributed by atoms with Crippen molar-refractivity contribution >= 4 is 34.8 Å². The lowest BCUT2D eigenvalue weighted by Crippen LogP contribution is -2.40. The van der Waals surface area contributed by atoms with E-state index in [9.17, 15) is 9.59 Å². The molecule has 0 fully saturated rings. The molecule has 0 unspecified atom stereocenters. The van der Waals surface area contributed by atoms with Gasteiger partial charge in [0.2, 0.25) is 5.91 Å². The highest BCUT2D eigenvalue weighted by atomic mass is 35.5. The van der Waals surface area contributed by atoms with Gasteiger partial charge in [-0.05, 0) is 69.7 Å². The second-order valence-electron chi connectivity index (χ2n) is 7.10. The predicted molar refractivity (Wildman–Crippen MR) is 107 cm³/mol. The number of amides is 2. The van der Waals surface area contributed by atoms with Crippen LogP contribution >= 0.6 is 11.6 Å². The van der Waals surface area contributed by atoms with E-state index in [-0.39, 0.29) is 23.9 Å². The first-order chi connectivity index (χ1) is 12.2. The van der Waals surface area contributed by atoms with Gasteiger partial charge < -0.3 is 16.0 Å². The lowest BCUT2D eigenvalue weighted by Gasteiger charge is -2.20. The van der Waals surface area contributed by atoms with Crippen LogP contribution in [0.15, 0.2) is 42.5 Å². The zero-order valence-corrected chi connectivity index (χ0v) is 16.2. The van der Waals surface area contributed by atoms with Gasteiger partial charge in [0.1, 0.15) is 0 Å². The summed E-state index contributed by atoms with van der Waals surface area (Å²) in [7, 11) is 0. The van der Waals surface area contributed by atoms with Crippen molar-refractivity contribution < 1.29 is 9.59 Å². The highest BCUT2D eigenvalue weighted by Gasteiger charge is 2.15. The van der Waals surface area contributed by atoms with Crippen LogP contribution < -0.4 is 16.0 Å². The van der Waals surface area contributed by atoms with Crippen LogP contribution in [0.25, 0.3) is 0 Å². The van der Waals surface area contributed by atoms with Crippen molar-refractivity contribution in [2.45, 2.75) is 33.2 Å². The second-order valence-corrected chi connectivity index (χ2v) is 7.50. The van der Waals surface area contributed by atoms with E-state index in [4.69, 9.17) is 11.6 Å². The molecule has 0 aliphatic rings. The van der Waals surface area contributed by atoms with Gasteiger partial charge in [-0.1, -0.05) is 17.7 Å². The molecule has 0 saturated carbocycles. The minimum absolute atomic E-state index is 0.118. The summed E-state index contributed by atoms with van der Waals surface area (Å²) in [6.07, 6.45) is 0. The van der Waals surface area contributed by atoms with Crippen LogP contribution in [-0.2, 0) is 4.79 Å². The fourth-order valence-electron chi connectivity index (χ4n) is 2.30. The summed E-state index contributed by atoms with van der Waals surface area (Å²) in [6, 6.07) is 12.3. The van der Waals surface area contributed by atoms with E-state index in [1.807, 2.05) is 39.8 Å². The maximum atomic E-state index is 12.1. The molecule has 0 spiro atoms. The van der Waals surface area contributed by atoms with E-state index in [0.29, 0.717) is 16.3 Å². The fourth-order valence-corrected chi connectivity index (χ4v) is 2.47. The molecule has 0 radical (unpaired) electrons. The number of hydrogen-bond donors (Lipinski definition) is 3. The SMILES string of the molecule is Cc1c(Cl)cccc1NCC(=O)Nc1ccc(C(=O)NC(C)(C)C)cc1. The average molecular weight is 374 g/mol. The molecule has 3 N–H and O–H groups in total. The molecular weight excluding hydrogens is 350 g/mol. The third-order valence-corrected chi connectivity index (χ3v) is 4.04. The van der Waals surface area contributed by atoms with E-state index in [1.165, 1.54) is 0 Å². The Morgan fingerprint density at radius 1 is 1.04 bits per heavy atom. The normalized spacial score (nSPS) is 11.0. The van der Waals surface area contributed by atoms with Crippen LogP contribution in [0.5, 0.6) is 0 Å². The Balaban J connectivity index is 1.91. The molecule has 26 heavy (non-hydrogen) atoms. The molecule has 2 aromatic carbocycles. The molecule has 0 aromatic heterocycles. The first-order valence-corrected chi connectivity index (χ1v) is 8.75. The summed E-state index contributed by atoms with van der Waals surface area (Å²) >= 11 is 6.07. The standard InChI is InChI=1S/C20H24ClN3O2/c1-13-16(21)6-5-7-17(13)22-12-18(25)23-15-10-8-14(9-11-15)19(26)24-20(2,3)4/h5-11,22H,12H2,1-4H3,(H,23,25)(H,24,26).